The van der Waals surface area contributed by atoms with E-state index in [1.54, 1.807) is 13.2 Å². The number of hydrogen-bond acceptors (Lipinski definition) is 4. The number of carbonyl (C=O) groups excluding carboxylic acids is 1. The van der Waals surface area contributed by atoms with Gasteiger partial charge in [-0.05, 0) is 49.6 Å². The van der Waals surface area contributed by atoms with Gasteiger partial charge in [0.25, 0.3) is 0 Å². The number of aryl methyl sites for hydroxylation is 3. The lowest BCUT2D eigenvalue weighted by molar-refractivity contribution is -0.109. The minimum atomic E-state index is 0.147. The average Bonchev–Trinajstić information content (AvgIpc) is 3.33. The highest BCUT2D eigenvalue weighted by atomic mass is 16.1. The molecule has 37 heavy (non-hydrogen) atoms. The van der Waals surface area contributed by atoms with Crippen LogP contribution in [-0.2, 0) is 11.2 Å². The summed E-state index contributed by atoms with van der Waals surface area (Å²) in [5, 5.41) is 19.3. The van der Waals surface area contributed by atoms with E-state index in [2.05, 4.69) is 40.4 Å². The molecule has 196 valence electrons. The van der Waals surface area contributed by atoms with Gasteiger partial charge in [-0.2, -0.15) is 0 Å². The Hall–Kier alpha value is -4.26. The number of H-pyrrole nitrogens is 1. The van der Waals surface area contributed by atoms with Crippen molar-refractivity contribution in [2.45, 2.75) is 40.5 Å². The Balaban J connectivity index is 0.000000299. The summed E-state index contributed by atoms with van der Waals surface area (Å²) in [6.07, 6.45) is 5.72. The van der Waals surface area contributed by atoms with E-state index >= 15 is 0 Å². The number of fused-ring (bicyclic) bond motifs is 1. The number of nitrogens with one attached hydrogen (secondary N) is 4. The number of amidine groups is 2. The van der Waals surface area contributed by atoms with Gasteiger partial charge in [-0.3, -0.25) is 20.6 Å². The number of rotatable bonds is 6. The van der Waals surface area contributed by atoms with Gasteiger partial charge in [0, 0.05) is 42.5 Å². The summed E-state index contributed by atoms with van der Waals surface area (Å²) in [5.41, 5.74) is 4.78. The van der Waals surface area contributed by atoms with Crippen molar-refractivity contribution in [1.82, 2.24) is 20.2 Å². The van der Waals surface area contributed by atoms with Crippen LogP contribution in [0.25, 0.3) is 10.9 Å². The smallest absolute Gasteiger partial charge is 0.207 e. The average molecular weight is 501 g/mol. The highest BCUT2D eigenvalue weighted by Gasteiger charge is 2.09. The molecule has 0 fully saturated rings. The number of aromatic nitrogens is 2. The molecule has 0 saturated heterocycles. The van der Waals surface area contributed by atoms with Crippen molar-refractivity contribution < 1.29 is 4.79 Å². The first-order valence-electron chi connectivity index (χ1n) is 12.4. The summed E-state index contributed by atoms with van der Waals surface area (Å²) in [6, 6.07) is 24.1. The molecule has 0 aliphatic carbocycles. The number of benzene rings is 2. The molecule has 1 amide bonds. The monoisotopic (exact) mass is 500 g/mol. The zero-order chi connectivity index (χ0) is 27.5. The molecule has 2 aromatic heterocycles. The summed E-state index contributed by atoms with van der Waals surface area (Å²) >= 11 is 0. The fraction of sp³-hybridized carbons (Fsp3) is 0.267. The van der Waals surface area contributed by atoms with Crippen LogP contribution in [-0.4, -0.2) is 46.5 Å². The van der Waals surface area contributed by atoms with E-state index in [0.717, 1.165) is 12.1 Å². The molecule has 7 nitrogen and oxygen atoms in total. The SMILES string of the molecule is CC.CN(C(=N)CCc1ccccc1)C(=N)CNC=O.Cc1c[nH]c2ccccc12.Cc1ccccn1. The Morgan fingerprint density at radius 2 is 1.59 bits per heavy atom. The number of carbonyl (C=O) groups is 1. The number of aromatic amines is 1. The van der Waals surface area contributed by atoms with E-state index in [9.17, 15) is 4.79 Å². The number of hydrogen-bond donors (Lipinski definition) is 4. The molecule has 0 bridgehead atoms. The van der Waals surface area contributed by atoms with Gasteiger partial charge >= 0.3 is 0 Å². The maximum absolute atomic E-state index is 10.1. The highest BCUT2D eigenvalue weighted by molar-refractivity contribution is 5.99. The lowest BCUT2D eigenvalue weighted by Crippen LogP contribution is -2.38. The fourth-order valence-electron chi connectivity index (χ4n) is 3.16. The molecule has 7 heteroatoms. The highest BCUT2D eigenvalue weighted by Crippen LogP contribution is 2.15. The van der Waals surface area contributed by atoms with Crippen LogP contribution in [0.1, 0.15) is 37.1 Å². The number of amides is 1. The van der Waals surface area contributed by atoms with Crippen LogP contribution in [0.3, 0.4) is 0 Å². The van der Waals surface area contributed by atoms with Crippen molar-refractivity contribution in [3.05, 3.63) is 102 Å². The molecule has 2 heterocycles. The molecule has 0 atom stereocenters. The topological polar surface area (TPSA) is 109 Å². The quantitative estimate of drug-likeness (QED) is 0.145. The molecule has 0 aliphatic rings. The van der Waals surface area contributed by atoms with Crippen molar-refractivity contribution in [2.24, 2.45) is 0 Å². The van der Waals surface area contributed by atoms with Crippen molar-refractivity contribution >= 4 is 29.0 Å². The number of pyridine rings is 1. The van der Waals surface area contributed by atoms with Crippen molar-refractivity contribution in [3.8, 4) is 0 Å². The second kappa shape index (κ2) is 18.1. The first kappa shape index (κ1) is 30.8. The third-order valence-electron chi connectivity index (χ3n) is 5.26. The van der Waals surface area contributed by atoms with E-state index in [1.165, 1.54) is 26.9 Å². The predicted octanol–water partition coefficient (Wildman–Crippen LogP) is 6.14. The largest absolute Gasteiger partial charge is 0.361 e. The van der Waals surface area contributed by atoms with Crippen LogP contribution in [0, 0.1) is 24.7 Å². The molecule has 4 aromatic rings. The Kier molecular flexibility index (Phi) is 15.0. The summed E-state index contributed by atoms with van der Waals surface area (Å²) in [4.78, 5) is 18.8. The second-order valence-corrected chi connectivity index (χ2v) is 7.93. The molecule has 0 aliphatic heterocycles. The Morgan fingerprint density at radius 3 is 2.16 bits per heavy atom. The summed E-state index contributed by atoms with van der Waals surface area (Å²) in [6.45, 7) is 8.23. The molecule has 0 saturated carbocycles. The number of likely N-dealkylation sites (N-methyl/N-ethyl adjacent to an activating group) is 1. The van der Waals surface area contributed by atoms with Gasteiger partial charge in [0.15, 0.2) is 0 Å². The van der Waals surface area contributed by atoms with E-state index in [1.807, 2.05) is 81.6 Å². The minimum Gasteiger partial charge on any atom is -0.361 e. The van der Waals surface area contributed by atoms with Gasteiger partial charge in [0.1, 0.15) is 11.7 Å². The molecule has 0 spiro atoms. The van der Waals surface area contributed by atoms with Gasteiger partial charge in [-0.1, -0.05) is 68.4 Å². The fourth-order valence-corrected chi connectivity index (χ4v) is 3.16. The lowest BCUT2D eigenvalue weighted by atomic mass is 10.1. The number of nitrogens with zero attached hydrogens (tertiary/aromatic N) is 2. The standard InChI is InChI=1S/C13H18N4O.C9H9N.C6H7N.C2H6/c1-17(13(15)9-16-10-18)12(14)8-7-11-5-3-2-4-6-11;1-7-6-10-9-5-3-2-4-8(7)9;1-6-4-2-3-5-7-6;1-2/h2-6,10,14-15H,7-9H2,1H3,(H,16,18);2-6,10H,1H3;2-5H,1H3;1-2H3. The summed E-state index contributed by atoms with van der Waals surface area (Å²) in [7, 11) is 1.67. The molecule has 4 N–H and O–H groups in total. The molecular weight excluding hydrogens is 460 g/mol. The van der Waals surface area contributed by atoms with E-state index in [-0.39, 0.29) is 12.4 Å². The van der Waals surface area contributed by atoms with E-state index in [0.29, 0.717) is 18.7 Å². The zero-order valence-corrected chi connectivity index (χ0v) is 22.6. The molecule has 2 aromatic carbocycles. The molecule has 0 radical (unpaired) electrons. The van der Waals surface area contributed by atoms with E-state index in [4.69, 9.17) is 10.8 Å². The second-order valence-electron chi connectivity index (χ2n) is 7.93. The third-order valence-corrected chi connectivity index (χ3v) is 5.26. The summed E-state index contributed by atoms with van der Waals surface area (Å²) in [5.74, 6) is 0.580. The molecule has 4 rings (SSSR count). The van der Waals surface area contributed by atoms with Crippen LogP contribution in [0.2, 0.25) is 0 Å². The normalized spacial score (nSPS) is 9.32. The van der Waals surface area contributed by atoms with Crippen molar-refractivity contribution in [3.63, 3.8) is 0 Å². The van der Waals surface area contributed by atoms with Crippen molar-refractivity contribution in [1.29, 1.82) is 10.8 Å². The van der Waals surface area contributed by atoms with Crippen LogP contribution in [0.5, 0.6) is 0 Å². The van der Waals surface area contributed by atoms with Gasteiger partial charge in [-0.25, -0.2) is 0 Å². The summed E-state index contributed by atoms with van der Waals surface area (Å²) < 4.78 is 0. The maximum atomic E-state index is 10.1. The number of para-hydroxylation sites is 1. The Bertz CT molecular complexity index is 1190. The molecule has 0 unspecified atom stereocenters. The first-order chi connectivity index (χ1) is 17.9. The van der Waals surface area contributed by atoms with Crippen LogP contribution >= 0.6 is 0 Å². The Labute approximate surface area is 221 Å². The van der Waals surface area contributed by atoms with Crippen molar-refractivity contribution in [2.75, 3.05) is 13.6 Å². The predicted molar refractivity (Wildman–Crippen MR) is 155 cm³/mol. The minimum absolute atomic E-state index is 0.147. The van der Waals surface area contributed by atoms with E-state index < -0.39 is 0 Å². The lowest BCUT2D eigenvalue weighted by Gasteiger charge is -2.20. The van der Waals surface area contributed by atoms with Crippen LogP contribution in [0.15, 0.2) is 85.2 Å². The molecular formula is C30H40N6O. The van der Waals surface area contributed by atoms with Crippen LogP contribution in [0.4, 0.5) is 0 Å². The third kappa shape index (κ3) is 11.8. The van der Waals surface area contributed by atoms with Gasteiger partial charge in [0.05, 0.1) is 6.54 Å². The zero-order valence-electron chi connectivity index (χ0n) is 22.6. The van der Waals surface area contributed by atoms with Gasteiger partial charge in [0.2, 0.25) is 6.41 Å². The first-order valence-corrected chi connectivity index (χ1v) is 12.4. The Morgan fingerprint density at radius 1 is 0.946 bits per heavy atom. The van der Waals surface area contributed by atoms with Gasteiger partial charge < -0.3 is 15.2 Å². The maximum Gasteiger partial charge on any atom is 0.207 e. The van der Waals surface area contributed by atoms with Gasteiger partial charge in [-0.15, -0.1) is 0 Å². The van der Waals surface area contributed by atoms with Crippen LogP contribution < -0.4 is 5.32 Å².